The van der Waals surface area contributed by atoms with Gasteiger partial charge in [0.1, 0.15) is 5.82 Å². The first-order valence-corrected chi connectivity index (χ1v) is 6.04. The molecule has 0 atom stereocenters. The zero-order valence-corrected chi connectivity index (χ0v) is 11.4. The second-order valence-corrected chi connectivity index (χ2v) is 4.21. The summed E-state index contributed by atoms with van der Waals surface area (Å²) in [4.78, 5) is 6.29. The van der Waals surface area contributed by atoms with Crippen molar-refractivity contribution < 1.29 is 14.6 Å². The van der Waals surface area contributed by atoms with Gasteiger partial charge in [0.05, 0.1) is 20.8 Å². The second kappa shape index (κ2) is 5.75. The molecule has 1 aromatic carbocycles. The maximum atomic E-state index is 9.04. The molecule has 1 heterocycles. The second-order valence-electron chi connectivity index (χ2n) is 4.21. The molecule has 2 aromatic rings. The molecule has 1 aromatic heterocycles. The summed E-state index contributed by atoms with van der Waals surface area (Å²) < 4.78 is 10.6. The molecule has 0 spiro atoms. The van der Waals surface area contributed by atoms with Crippen LogP contribution >= 0.6 is 0 Å². The fourth-order valence-electron chi connectivity index (χ4n) is 2.04. The number of hydrogen-bond donors (Lipinski definition) is 1. The van der Waals surface area contributed by atoms with Crippen molar-refractivity contribution in [3.05, 3.63) is 24.4 Å². The molecular weight excluding hydrogens is 244 g/mol. The summed E-state index contributed by atoms with van der Waals surface area (Å²) in [6.07, 6.45) is 1.75. The van der Waals surface area contributed by atoms with E-state index in [9.17, 15) is 0 Å². The number of aliphatic hydroxyl groups is 1. The third-order valence-electron chi connectivity index (χ3n) is 3.04. The van der Waals surface area contributed by atoms with Crippen LogP contribution in [0.2, 0.25) is 0 Å². The molecule has 5 nitrogen and oxygen atoms in total. The lowest BCUT2D eigenvalue weighted by Crippen LogP contribution is -2.22. The Balaban J connectivity index is 2.60. The highest BCUT2D eigenvalue weighted by Crippen LogP contribution is 2.35. The molecular formula is C14H18N2O3. The minimum absolute atomic E-state index is 0.0852. The fourth-order valence-corrected chi connectivity index (χ4v) is 2.04. The number of likely N-dealkylation sites (N-methyl/N-ethyl adjacent to an activating group) is 1. The fraction of sp³-hybridized carbons (Fsp3) is 0.357. The van der Waals surface area contributed by atoms with Gasteiger partial charge in [0.2, 0.25) is 0 Å². The van der Waals surface area contributed by atoms with Crippen molar-refractivity contribution in [2.45, 2.75) is 0 Å². The molecule has 0 radical (unpaired) electrons. The minimum Gasteiger partial charge on any atom is -0.493 e. The molecule has 0 bridgehead atoms. The summed E-state index contributed by atoms with van der Waals surface area (Å²) in [6.45, 7) is 0.613. The zero-order valence-electron chi connectivity index (χ0n) is 11.4. The molecule has 0 aliphatic rings. The van der Waals surface area contributed by atoms with Gasteiger partial charge in [-0.1, -0.05) is 0 Å². The molecule has 0 aliphatic carbocycles. The van der Waals surface area contributed by atoms with E-state index < -0.39 is 0 Å². The highest BCUT2D eigenvalue weighted by atomic mass is 16.5. The lowest BCUT2D eigenvalue weighted by Gasteiger charge is -2.19. The largest absolute Gasteiger partial charge is 0.493 e. The van der Waals surface area contributed by atoms with E-state index in [1.54, 1.807) is 20.4 Å². The first kappa shape index (κ1) is 13.4. The summed E-state index contributed by atoms with van der Waals surface area (Å²) in [5, 5.41) is 11.0. The van der Waals surface area contributed by atoms with Crippen LogP contribution in [0.5, 0.6) is 11.5 Å². The number of fused-ring (bicyclic) bond motifs is 1. The maximum Gasteiger partial charge on any atom is 0.161 e. The number of hydrogen-bond acceptors (Lipinski definition) is 5. The van der Waals surface area contributed by atoms with E-state index in [0.717, 1.165) is 16.6 Å². The number of methoxy groups -OCH3 is 2. The van der Waals surface area contributed by atoms with Crippen LogP contribution in [0, 0.1) is 0 Å². The van der Waals surface area contributed by atoms with Crippen LogP contribution in [0.3, 0.4) is 0 Å². The molecule has 0 saturated carbocycles. The quantitative estimate of drug-likeness (QED) is 0.888. The number of benzene rings is 1. The number of aliphatic hydroxyl groups excluding tert-OH is 1. The summed E-state index contributed by atoms with van der Waals surface area (Å²) in [5.41, 5.74) is 0. The van der Waals surface area contributed by atoms with Crippen molar-refractivity contribution in [1.29, 1.82) is 0 Å². The average Bonchev–Trinajstić information content (AvgIpc) is 2.45. The normalized spacial score (nSPS) is 10.5. The lowest BCUT2D eigenvalue weighted by molar-refractivity contribution is 0.304. The van der Waals surface area contributed by atoms with Crippen molar-refractivity contribution >= 4 is 16.6 Å². The third kappa shape index (κ3) is 2.56. The van der Waals surface area contributed by atoms with E-state index in [1.807, 2.05) is 30.1 Å². The predicted octanol–water partition coefficient (Wildman–Crippen LogP) is 1.68. The van der Waals surface area contributed by atoms with Crippen molar-refractivity contribution in [2.75, 3.05) is 39.3 Å². The highest BCUT2D eigenvalue weighted by Gasteiger charge is 2.12. The topological polar surface area (TPSA) is 54.8 Å². The van der Waals surface area contributed by atoms with Gasteiger partial charge in [0, 0.05) is 25.2 Å². The van der Waals surface area contributed by atoms with Gasteiger partial charge in [-0.15, -0.1) is 0 Å². The van der Waals surface area contributed by atoms with Crippen molar-refractivity contribution in [3.63, 3.8) is 0 Å². The van der Waals surface area contributed by atoms with Gasteiger partial charge in [0.25, 0.3) is 0 Å². The molecule has 0 fully saturated rings. The Labute approximate surface area is 112 Å². The first-order chi connectivity index (χ1) is 9.21. The SMILES string of the molecule is COc1cc2ccnc(N(C)CCO)c2cc1OC. The van der Waals surface area contributed by atoms with E-state index in [0.29, 0.717) is 18.0 Å². The third-order valence-corrected chi connectivity index (χ3v) is 3.04. The molecule has 0 unspecified atom stereocenters. The van der Waals surface area contributed by atoms with E-state index in [4.69, 9.17) is 14.6 Å². The number of rotatable bonds is 5. The minimum atomic E-state index is 0.0852. The molecule has 19 heavy (non-hydrogen) atoms. The number of anilines is 1. The Kier molecular flexibility index (Phi) is 4.06. The molecule has 1 N–H and O–H groups in total. The van der Waals surface area contributed by atoms with Gasteiger partial charge in [0.15, 0.2) is 11.5 Å². The van der Waals surface area contributed by atoms with Gasteiger partial charge in [-0.3, -0.25) is 0 Å². The number of ether oxygens (including phenoxy) is 2. The van der Waals surface area contributed by atoms with E-state index >= 15 is 0 Å². The van der Waals surface area contributed by atoms with Crippen molar-refractivity contribution in [1.82, 2.24) is 4.98 Å². The van der Waals surface area contributed by atoms with Crippen molar-refractivity contribution in [3.8, 4) is 11.5 Å². The van der Waals surface area contributed by atoms with Crippen LogP contribution in [0.25, 0.3) is 10.8 Å². The molecule has 102 valence electrons. The smallest absolute Gasteiger partial charge is 0.161 e. The summed E-state index contributed by atoms with van der Waals surface area (Å²) >= 11 is 0. The van der Waals surface area contributed by atoms with Crippen LogP contribution in [-0.2, 0) is 0 Å². The van der Waals surface area contributed by atoms with Crippen LogP contribution in [-0.4, -0.2) is 44.5 Å². The number of nitrogens with zero attached hydrogens (tertiary/aromatic N) is 2. The monoisotopic (exact) mass is 262 g/mol. The van der Waals surface area contributed by atoms with E-state index in [2.05, 4.69) is 4.98 Å². The molecule has 0 aliphatic heterocycles. The molecule has 0 saturated heterocycles. The molecule has 5 heteroatoms. The maximum absolute atomic E-state index is 9.04. The van der Waals surface area contributed by atoms with E-state index in [1.165, 1.54) is 0 Å². The Morgan fingerprint density at radius 1 is 1.21 bits per heavy atom. The standard InChI is InChI=1S/C14H18N2O3/c1-16(6-7-17)14-11-9-13(19-3)12(18-2)8-10(11)4-5-15-14/h4-5,8-9,17H,6-7H2,1-3H3. The highest BCUT2D eigenvalue weighted by molar-refractivity contribution is 5.94. The summed E-state index contributed by atoms with van der Waals surface area (Å²) in [7, 11) is 5.12. The van der Waals surface area contributed by atoms with Crippen LogP contribution in [0.4, 0.5) is 5.82 Å². The number of pyridine rings is 1. The summed E-state index contributed by atoms with van der Waals surface area (Å²) in [6, 6.07) is 5.75. The van der Waals surface area contributed by atoms with Gasteiger partial charge in [-0.05, 0) is 23.6 Å². The zero-order chi connectivity index (χ0) is 13.8. The Morgan fingerprint density at radius 2 is 1.89 bits per heavy atom. The lowest BCUT2D eigenvalue weighted by atomic mass is 10.1. The van der Waals surface area contributed by atoms with Gasteiger partial charge in [-0.2, -0.15) is 0 Å². The van der Waals surface area contributed by atoms with Crippen molar-refractivity contribution in [2.24, 2.45) is 0 Å². The Bertz CT molecular complexity index is 572. The van der Waals surface area contributed by atoms with Gasteiger partial charge < -0.3 is 19.5 Å². The van der Waals surface area contributed by atoms with Crippen LogP contribution < -0.4 is 14.4 Å². The van der Waals surface area contributed by atoms with Crippen LogP contribution in [0.1, 0.15) is 0 Å². The van der Waals surface area contributed by atoms with Gasteiger partial charge in [-0.25, -0.2) is 4.98 Å². The van der Waals surface area contributed by atoms with E-state index in [-0.39, 0.29) is 6.61 Å². The summed E-state index contributed by atoms with van der Waals surface area (Å²) in [5.74, 6) is 2.17. The Morgan fingerprint density at radius 3 is 2.53 bits per heavy atom. The number of aromatic nitrogens is 1. The average molecular weight is 262 g/mol. The van der Waals surface area contributed by atoms with Gasteiger partial charge >= 0.3 is 0 Å². The molecule has 2 rings (SSSR count). The first-order valence-electron chi connectivity index (χ1n) is 6.04. The van der Waals surface area contributed by atoms with Crippen LogP contribution in [0.15, 0.2) is 24.4 Å². The predicted molar refractivity (Wildman–Crippen MR) is 75.2 cm³/mol. The Hall–Kier alpha value is -2.01. The molecule has 0 amide bonds.